The maximum absolute atomic E-state index is 12.7. The van der Waals surface area contributed by atoms with E-state index in [1.165, 1.54) is 36.9 Å². The number of ether oxygens (including phenoxy) is 2. The number of hydrogen-bond acceptors (Lipinski definition) is 14. The van der Waals surface area contributed by atoms with E-state index in [2.05, 4.69) is 15.0 Å². The second-order valence-corrected chi connectivity index (χ2v) is 15.0. The number of nitrogen functional groups attached to an aromatic ring is 1. The van der Waals surface area contributed by atoms with E-state index in [9.17, 15) is 39.0 Å². The van der Waals surface area contributed by atoms with Gasteiger partial charge >= 0.3 is 15.2 Å². The minimum absolute atomic E-state index is 0. The van der Waals surface area contributed by atoms with Crippen molar-refractivity contribution in [3.63, 3.8) is 0 Å². The Balaban J connectivity index is 0.00000480. The summed E-state index contributed by atoms with van der Waals surface area (Å²) in [6.45, 7) is 0.509. The summed E-state index contributed by atoms with van der Waals surface area (Å²) < 4.78 is 48.5. The van der Waals surface area contributed by atoms with Gasteiger partial charge in [0.2, 0.25) is 5.91 Å². The Morgan fingerprint density at radius 2 is 1.72 bits per heavy atom. The Bertz CT molecular complexity index is 1650. The molecule has 46 heavy (non-hydrogen) atoms. The molecule has 0 radical (unpaired) electrons. The number of aliphatic hydroxyl groups is 3. The van der Waals surface area contributed by atoms with Crippen LogP contribution in [0.25, 0.3) is 11.2 Å². The molecule has 0 bridgehead atoms. The minimum Gasteiger partial charge on any atom is -0.422 e. The average molecular weight is 855 g/mol. The molecule has 5 rings (SSSR count). The zero-order valence-electron chi connectivity index (χ0n) is 24.2. The van der Waals surface area contributed by atoms with Gasteiger partial charge in [0.15, 0.2) is 17.4 Å². The molecule has 2 aromatic heterocycles. The summed E-state index contributed by atoms with van der Waals surface area (Å²) in [5, 5.41) is 31.5. The normalized spacial score (nSPS) is 29.3. The zero-order chi connectivity index (χ0) is 32.7. The van der Waals surface area contributed by atoms with Crippen LogP contribution in [0.1, 0.15) is 28.9 Å². The van der Waals surface area contributed by atoms with Crippen molar-refractivity contribution < 1.29 is 78.6 Å². The van der Waals surface area contributed by atoms with Crippen LogP contribution in [-0.4, -0.2) is 106 Å². The predicted octanol–water partition coefficient (Wildman–Crippen LogP) is -0.549. The molecule has 2 aliphatic rings. The molecule has 2 aliphatic heterocycles. The summed E-state index contributed by atoms with van der Waals surface area (Å²) in [6, 6.07) is 5.86. The molecular formula is C25H33N6O12P2W-. The Morgan fingerprint density at radius 3 is 2.39 bits per heavy atom. The first-order valence-corrected chi connectivity index (χ1v) is 17.1. The number of rotatable bonds is 12. The molecule has 2 saturated heterocycles. The number of carbonyl (C=O) groups is 1. The van der Waals surface area contributed by atoms with E-state index < -0.39 is 82.9 Å². The van der Waals surface area contributed by atoms with Crippen LogP contribution in [0.5, 0.6) is 0 Å². The third kappa shape index (κ3) is 8.09. The number of aliphatic hydroxyl groups excluding tert-OH is 3. The number of fused-ring (bicyclic) bond motifs is 1. The number of amides is 1. The van der Waals surface area contributed by atoms with E-state index in [4.69, 9.17) is 30.0 Å². The molecule has 4 heterocycles. The number of anilines is 1. The van der Waals surface area contributed by atoms with E-state index in [-0.39, 0.29) is 39.0 Å². The Morgan fingerprint density at radius 1 is 1.04 bits per heavy atom. The van der Waals surface area contributed by atoms with E-state index >= 15 is 0 Å². The van der Waals surface area contributed by atoms with Crippen molar-refractivity contribution in [2.75, 3.05) is 24.9 Å². The largest absolute Gasteiger partial charge is 0.422 e. The van der Waals surface area contributed by atoms with Crippen molar-refractivity contribution in [3.05, 3.63) is 54.0 Å². The van der Waals surface area contributed by atoms with E-state index in [0.717, 1.165) is 0 Å². The van der Waals surface area contributed by atoms with Crippen molar-refractivity contribution >= 4 is 38.1 Å². The van der Waals surface area contributed by atoms with Crippen LogP contribution in [0.2, 0.25) is 0 Å². The van der Waals surface area contributed by atoms with Crippen molar-refractivity contribution in [1.29, 1.82) is 0 Å². The number of benzene rings is 1. The number of carbonyl (C=O) groups excluding carboxylic acids is 1. The molecule has 9 N–H and O–H groups in total. The standard InChI is InChI=1S/C25H33N6O12P2.W/c1-12-15(6-31-10-30-18-23(26)28-9-29-25(18)31)42-16(19(12)32)7-40-44(36,37)11-45(38,39)41-8-17-20(33)21(34)22(43-17)13-3-2-4-14(5-13)24(27)35;/h2-5,9-10,15-17,19-22,32-34H,6-8,11H2,1H3,(H2,27,35)(H,36,37)(H,38,39)(H2,26,28,29);/q-1;/t15-,16+,17+,19+,20?,21-,22-;/m0./s1. The van der Waals surface area contributed by atoms with Gasteiger partial charge in [-0.15, -0.1) is 0 Å². The van der Waals surface area contributed by atoms with E-state index in [1.807, 2.05) is 0 Å². The molecule has 3 aromatic rings. The SMILES string of the molecule is C[C-]1[C@H](Cn2cnc3c(N)ncnc32)O[C@H](COP(=O)(O)CP(=O)(O)OC[C@H]2O[C@@H](c3cccc(C(N)=O)c3)[C@@H](O)C2O)[C@@H]1O.[W]. The van der Waals surface area contributed by atoms with E-state index in [0.29, 0.717) is 22.6 Å². The van der Waals surface area contributed by atoms with Crippen LogP contribution >= 0.6 is 15.2 Å². The summed E-state index contributed by atoms with van der Waals surface area (Å²) in [5.41, 5.74) is 12.4. The summed E-state index contributed by atoms with van der Waals surface area (Å²) in [5.74, 6) is -1.32. The molecule has 1 aromatic carbocycles. The van der Waals surface area contributed by atoms with Gasteiger partial charge < -0.3 is 59.7 Å². The van der Waals surface area contributed by atoms with Crippen molar-refractivity contribution in [3.8, 4) is 0 Å². The quantitative estimate of drug-likeness (QED) is 0.0889. The van der Waals surface area contributed by atoms with Gasteiger partial charge in [0.1, 0.15) is 36.3 Å². The molecule has 0 spiro atoms. The molecule has 2 fully saturated rings. The van der Waals surface area contributed by atoms with Gasteiger partial charge in [-0.25, -0.2) is 15.0 Å². The minimum atomic E-state index is -4.81. The van der Waals surface area contributed by atoms with Crippen LogP contribution in [0.3, 0.4) is 0 Å². The van der Waals surface area contributed by atoms with Gasteiger partial charge in [-0.2, -0.15) is 6.92 Å². The summed E-state index contributed by atoms with van der Waals surface area (Å²) in [6.07, 6.45) is -5.57. The smallest absolute Gasteiger partial charge is 0.340 e. The number of aromatic nitrogens is 4. The van der Waals surface area contributed by atoms with Gasteiger partial charge in [-0.1, -0.05) is 12.1 Å². The third-order valence-corrected chi connectivity index (χ3v) is 11.5. The van der Waals surface area contributed by atoms with Crippen LogP contribution in [0.15, 0.2) is 36.9 Å². The summed E-state index contributed by atoms with van der Waals surface area (Å²) in [4.78, 5) is 44.3. The van der Waals surface area contributed by atoms with E-state index in [1.54, 1.807) is 11.5 Å². The maximum atomic E-state index is 12.7. The number of hydrogen-bond donors (Lipinski definition) is 7. The second-order valence-electron chi connectivity index (χ2n) is 10.8. The number of nitrogens with zero attached hydrogens (tertiary/aromatic N) is 4. The third-order valence-electron chi connectivity index (χ3n) is 7.56. The maximum Gasteiger partial charge on any atom is 0.340 e. The number of nitrogens with two attached hydrogens (primary N) is 2. The Kier molecular flexibility index (Phi) is 11.6. The molecule has 252 valence electrons. The Labute approximate surface area is 276 Å². The van der Waals surface area contributed by atoms with Crippen molar-refractivity contribution in [2.24, 2.45) is 5.73 Å². The fourth-order valence-electron chi connectivity index (χ4n) is 5.12. The van der Waals surface area contributed by atoms with Crippen LogP contribution in [0.4, 0.5) is 5.82 Å². The molecule has 21 heteroatoms. The van der Waals surface area contributed by atoms with Gasteiger partial charge in [0.05, 0.1) is 25.6 Å². The monoisotopic (exact) mass is 855 g/mol. The zero-order valence-corrected chi connectivity index (χ0v) is 28.9. The Hall–Kier alpha value is -2.17. The molecule has 0 saturated carbocycles. The molecule has 3 unspecified atom stereocenters. The fourth-order valence-corrected chi connectivity index (χ4v) is 8.34. The number of primary amides is 1. The predicted molar refractivity (Wildman–Crippen MR) is 154 cm³/mol. The first-order valence-electron chi connectivity index (χ1n) is 13.6. The van der Waals surface area contributed by atoms with Crippen molar-refractivity contribution in [1.82, 2.24) is 19.5 Å². The molecule has 18 nitrogen and oxygen atoms in total. The van der Waals surface area contributed by atoms with Gasteiger partial charge in [-0.05, 0) is 29.9 Å². The topological polar surface area (TPSA) is 285 Å². The van der Waals surface area contributed by atoms with Crippen LogP contribution in [0, 0.1) is 5.92 Å². The first kappa shape index (κ1) is 36.7. The van der Waals surface area contributed by atoms with Gasteiger partial charge in [0, 0.05) is 33.2 Å². The summed E-state index contributed by atoms with van der Waals surface area (Å²) in [7, 11) is -9.58. The molecule has 1 amide bonds. The average Bonchev–Trinajstić information content (AvgIpc) is 3.61. The summed E-state index contributed by atoms with van der Waals surface area (Å²) >= 11 is 0. The van der Waals surface area contributed by atoms with Gasteiger partial charge in [-0.3, -0.25) is 19.8 Å². The van der Waals surface area contributed by atoms with Crippen LogP contribution in [-0.2, 0) is 55.3 Å². The van der Waals surface area contributed by atoms with Gasteiger partial charge in [0.25, 0.3) is 0 Å². The molecule has 9 atom stereocenters. The van der Waals surface area contributed by atoms with Crippen molar-refractivity contribution in [2.45, 2.75) is 56.2 Å². The molecule has 0 aliphatic carbocycles. The fraction of sp³-hybridized carbons (Fsp3) is 0.480. The second kappa shape index (κ2) is 14.5. The first-order chi connectivity index (χ1) is 21.2. The van der Waals surface area contributed by atoms with Crippen LogP contribution < -0.4 is 11.5 Å². The molecular weight excluding hydrogens is 822 g/mol. The number of imidazole rings is 1.